The Morgan fingerprint density at radius 2 is 2.21 bits per heavy atom. The van der Waals surface area contributed by atoms with Crippen LogP contribution in [0.3, 0.4) is 0 Å². The predicted octanol–water partition coefficient (Wildman–Crippen LogP) is 3.27. The molecule has 4 heteroatoms. The van der Waals surface area contributed by atoms with Crippen molar-refractivity contribution < 1.29 is 0 Å². The number of nitrogens with zero attached hydrogens (tertiary/aromatic N) is 2. The quantitative estimate of drug-likeness (QED) is 0.531. The summed E-state index contributed by atoms with van der Waals surface area (Å²) in [4.78, 5) is 5.85. The van der Waals surface area contributed by atoms with Crippen LogP contribution >= 0.6 is 23.2 Å². The largest absolute Gasteiger partial charge is 0.312 e. The third-order valence-corrected chi connectivity index (χ3v) is 2.48. The van der Waals surface area contributed by atoms with Gasteiger partial charge in [0.2, 0.25) is 0 Å². The second kappa shape index (κ2) is 4.03. The van der Waals surface area contributed by atoms with E-state index in [0.717, 1.165) is 5.69 Å². The Balaban J connectivity index is 2.31. The Bertz CT molecular complexity index is 387. The van der Waals surface area contributed by atoms with Crippen molar-refractivity contribution in [3.63, 3.8) is 0 Å². The molecule has 1 aromatic carbocycles. The normalized spacial score (nSPS) is 20.1. The van der Waals surface area contributed by atoms with Crippen LogP contribution in [0, 0.1) is 0 Å². The molecule has 2 nitrogen and oxygen atoms in total. The minimum absolute atomic E-state index is 0.203. The van der Waals surface area contributed by atoms with Gasteiger partial charge in [-0.2, -0.15) is 0 Å². The van der Waals surface area contributed by atoms with Crippen molar-refractivity contribution in [2.75, 3.05) is 4.90 Å². The average molecular weight is 227 g/mol. The summed E-state index contributed by atoms with van der Waals surface area (Å²) < 4.78 is 0. The van der Waals surface area contributed by atoms with Crippen LogP contribution in [0.5, 0.6) is 0 Å². The molecule has 0 fully saturated rings. The lowest BCUT2D eigenvalue weighted by Gasteiger charge is -2.24. The number of alkyl halides is 1. The predicted molar refractivity (Wildman–Crippen MR) is 61.2 cm³/mol. The van der Waals surface area contributed by atoms with Gasteiger partial charge in [-0.15, -0.1) is 0 Å². The SMILES string of the molecule is Clc1cccc(N2C=NC=CC2Cl)c1. The molecule has 0 spiro atoms. The minimum Gasteiger partial charge on any atom is -0.312 e. The Hall–Kier alpha value is -0.990. The number of hydrogen-bond donors (Lipinski definition) is 0. The van der Waals surface area contributed by atoms with E-state index in [1.165, 1.54) is 0 Å². The van der Waals surface area contributed by atoms with Crippen LogP contribution in [0.1, 0.15) is 0 Å². The zero-order valence-corrected chi connectivity index (χ0v) is 8.78. The van der Waals surface area contributed by atoms with E-state index >= 15 is 0 Å². The van der Waals surface area contributed by atoms with Gasteiger partial charge in [0.05, 0.1) is 6.34 Å². The summed E-state index contributed by atoms with van der Waals surface area (Å²) >= 11 is 12.0. The summed E-state index contributed by atoms with van der Waals surface area (Å²) in [5.41, 5.74) is 0.733. The van der Waals surface area contributed by atoms with Crippen LogP contribution in [0.4, 0.5) is 5.69 Å². The monoisotopic (exact) mass is 226 g/mol. The smallest absolute Gasteiger partial charge is 0.130 e. The zero-order valence-electron chi connectivity index (χ0n) is 7.27. The molecule has 0 radical (unpaired) electrons. The first-order valence-electron chi connectivity index (χ1n) is 4.15. The van der Waals surface area contributed by atoms with Crippen LogP contribution in [0.25, 0.3) is 0 Å². The van der Waals surface area contributed by atoms with Gasteiger partial charge in [-0.1, -0.05) is 29.3 Å². The number of aliphatic imine (C=N–C) groups is 1. The minimum atomic E-state index is -0.203. The maximum absolute atomic E-state index is 6.07. The Morgan fingerprint density at radius 1 is 1.36 bits per heavy atom. The molecular formula is C10H8Cl2N2. The first-order chi connectivity index (χ1) is 6.77. The van der Waals surface area contributed by atoms with Crippen LogP contribution in [-0.2, 0) is 0 Å². The molecule has 0 N–H and O–H groups in total. The molecule has 72 valence electrons. The maximum Gasteiger partial charge on any atom is 0.130 e. The highest BCUT2D eigenvalue weighted by Gasteiger charge is 2.13. The second-order valence-corrected chi connectivity index (χ2v) is 3.75. The third kappa shape index (κ3) is 1.91. The van der Waals surface area contributed by atoms with Gasteiger partial charge in [0.1, 0.15) is 5.50 Å². The van der Waals surface area contributed by atoms with Crippen molar-refractivity contribution >= 4 is 35.2 Å². The van der Waals surface area contributed by atoms with Crippen molar-refractivity contribution in [3.8, 4) is 0 Å². The third-order valence-electron chi connectivity index (χ3n) is 1.89. The van der Waals surface area contributed by atoms with E-state index in [2.05, 4.69) is 4.99 Å². The molecule has 1 heterocycles. The summed E-state index contributed by atoms with van der Waals surface area (Å²) in [5, 5.41) is 0.689. The fourth-order valence-electron chi connectivity index (χ4n) is 1.23. The molecule has 0 aliphatic carbocycles. The molecule has 0 amide bonds. The van der Waals surface area contributed by atoms with Crippen LogP contribution < -0.4 is 4.90 Å². The van der Waals surface area contributed by atoms with Gasteiger partial charge < -0.3 is 4.90 Å². The van der Waals surface area contributed by atoms with Crippen molar-refractivity contribution in [1.82, 2.24) is 0 Å². The highest BCUT2D eigenvalue weighted by molar-refractivity contribution is 6.31. The Labute approximate surface area is 92.5 Å². The highest BCUT2D eigenvalue weighted by Crippen LogP contribution is 2.23. The molecule has 1 atom stereocenters. The van der Waals surface area contributed by atoms with E-state index in [-0.39, 0.29) is 5.50 Å². The summed E-state index contributed by atoms with van der Waals surface area (Å²) in [6, 6.07) is 7.49. The van der Waals surface area contributed by atoms with Crippen LogP contribution in [0.2, 0.25) is 5.02 Å². The molecule has 1 aromatic rings. The van der Waals surface area contributed by atoms with Gasteiger partial charge in [-0.3, -0.25) is 0 Å². The summed E-state index contributed by atoms with van der Waals surface area (Å²) in [5.74, 6) is 0. The maximum atomic E-state index is 6.07. The molecule has 14 heavy (non-hydrogen) atoms. The molecule has 1 aliphatic heterocycles. The number of hydrogen-bond acceptors (Lipinski definition) is 2. The summed E-state index contributed by atoms with van der Waals surface area (Å²) in [7, 11) is 0. The molecule has 0 saturated carbocycles. The van der Waals surface area contributed by atoms with E-state index < -0.39 is 0 Å². The van der Waals surface area contributed by atoms with Gasteiger partial charge in [-0.05, 0) is 24.3 Å². The number of rotatable bonds is 1. The fourth-order valence-corrected chi connectivity index (χ4v) is 1.65. The van der Waals surface area contributed by atoms with E-state index in [9.17, 15) is 0 Å². The number of anilines is 1. The highest BCUT2D eigenvalue weighted by atomic mass is 35.5. The van der Waals surface area contributed by atoms with Gasteiger partial charge in [0, 0.05) is 16.9 Å². The van der Waals surface area contributed by atoms with Crippen molar-refractivity contribution in [2.24, 2.45) is 4.99 Å². The van der Waals surface area contributed by atoms with Gasteiger partial charge in [0.25, 0.3) is 0 Å². The summed E-state index contributed by atoms with van der Waals surface area (Å²) in [6.07, 6.45) is 5.17. The number of benzene rings is 1. The first-order valence-corrected chi connectivity index (χ1v) is 4.97. The topological polar surface area (TPSA) is 15.6 Å². The molecule has 0 bridgehead atoms. The second-order valence-electron chi connectivity index (χ2n) is 2.87. The van der Waals surface area contributed by atoms with Gasteiger partial charge >= 0.3 is 0 Å². The molecule has 2 rings (SSSR count). The van der Waals surface area contributed by atoms with E-state index in [4.69, 9.17) is 23.2 Å². The van der Waals surface area contributed by atoms with Crippen LogP contribution in [-0.4, -0.2) is 11.8 Å². The van der Waals surface area contributed by atoms with Crippen LogP contribution in [0.15, 0.2) is 41.5 Å². The van der Waals surface area contributed by atoms with Crippen molar-refractivity contribution in [3.05, 3.63) is 41.6 Å². The zero-order chi connectivity index (χ0) is 9.97. The van der Waals surface area contributed by atoms with Crippen molar-refractivity contribution in [2.45, 2.75) is 5.50 Å². The van der Waals surface area contributed by atoms with E-state index in [0.29, 0.717) is 5.02 Å². The lowest BCUT2D eigenvalue weighted by molar-refractivity contribution is 1.05. The van der Waals surface area contributed by atoms with Crippen molar-refractivity contribution in [1.29, 1.82) is 0 Å². The molecule has 1 unspecified atom stereocenters. The lowest BCUT2D eigenvalue weighted by atomic mass is 10.3. The van der Waals surface area contributed by atoms with Gasteiger partial charge in [-0.25, -0.2) is 4.99 Å². The Kier molecular flexibility index (Phi) is 2.75. The molecule has 0 saturated heterocycles. The molecular weight excluding hydrogens is 219 g/mol. The lowest BCUT2D eigenvalue weighted by Crippen LogP contribution is -2.29. The first kappa shape index (κ1) is 9.56. The van der Waals surface area contributed by atoms with E-state index in [1.54, 1.807) is 12.5 Å². The Morgan fingerprint density at radius 3 is 2.93 bits per heavy atom. The van der Waals surface area contributed by atoms with E-state index in [1.807, 2.05) is 35.2 Å². The standard InChI is InChI=1S/C10H8Cl2N2/c11-8-2-1-3-9(6-8)14-7-13-5-4-10(14)12/h1-7,10H. The molecule has 0 aromatic heterocycles. The average Bonchev–Trinajstić information content (AvgIpc) is 2.18. The summed E-state index contributed by atoms with van der Waals surface area (Å²) in [6.45, 7) is 0. The number of halogens is 2. The fraction of sp³-hybridized carbons (Fsp3) is 0.100. The van der Waals surface area contributed by atoms with Gasteiger partial charge in [0.15, 0.2) is 0 Å². The molecule has 1 aliphatic rings.